The molecule has 0 bridgehead atoms. The van der Waals surface area contributed by atoms with Crippen LogP contribution in [0.25, 0.3) is 10.9 Å². The molecule has 1 aliphatic heterocycles. The predicted octanol–water partition coefficient (Wildman–Crippen LogP) is 4.85. The van der Waals surface area contributed by atoms with Crippen molar-refractivity contribution in [3.63, 3.8) is 0 Å². The monoisotopic (exact) mass is 416 g/mol. The highest BCUT2D eigenvalue weighted by atomic mass is 35.5. The van der Waals surface area contributed by atoms with Gasteiger partial charge >= 0.3 is 0 Å². The molecule has 2 aromatic heterocycles. The number of aromatic nitrogens is 4. The largest absolute Gasteiger partial charge is 0.320 e. The molecular weight excluding hydrogens is 395 g/mol. The van der Waals surface area contributed by atoms with Crippen LogP contribution in [0.5, 0.6) is 0 Å². The van der Waals surface area contributed by atoms with Gasteiger partial charge in [-0.3, -0.25) is 0 Å². The van der Waals surface area contributed by atoms with Gasteiger partial charge in [0, 0.05) is 16.6 Å². The third-order valence-electron chi connectivity index (χ3n) is 5.92. The molecule has 0 radical (unpaired) electrons. The summed E-state index contributed by atoms with van der Waals surface area (Å²) in [7, 11) is 0. The van der Waals surface area contributed by atoms with Gasteiger partial charge in [0.1, 0.15) is 0 Å². The first-order valence-corrected chi connectivity index (χ1v) is 10.5. The zero-order chi connectivity index (χ0) is 19.3. The lowest BCUT2D eigenvalue weighted by Crippen LogP contribution is -2.26. The molecule has 2 aliphatic rings. The molecule has 1 saturated carbocycles. The lowest BCUT2D eigenvalue weighted by molar-refractivity contribution is 0.461. The molecule has 2 fully saturated rings. The van der Waals surface area contributed by atoms with Gasteiger partial charge in [-0.05, 0) is 69.3 Å². The van der Waals surface area contributed by atoms with Gasteiger partial charge in [0.15, 0.2) is 5.15 Å². The fraction of sp³-hybridized carbons (Fsp3) is 0.450. The number of hydrogen-bond donors (Lipinski definition) is 2. The molecule has 0 unspecified atom stereocenters. The number of benzene rings is 1. The molecule has 3 aromatic rings. The lowest BCUT2D eigenvalue weighted by atomic mass is 9.89. The summed E-state index contributed by atoms with van der Waals surface area (Å²) in [5.74, 6) is 0.977. The van der Waals surface area contributed by atoms with Crippen molar-refractivity contribution in [1.82, 2.24) is 25.1 Å². The number of anilines is 2. The molecule has 0 amide bonds. The zero-order valence-electron chi connectivity index (χ0n) is 15.7. The maximum Gasteiger partial charge on any atom is 0.227 e. The second-order valence-corrected chi connectivity index (χ2v) is 8.80. The van der Waals surface area contributed by atoms with E-state index in [-0.39, 0.29) is 5.54 Å². The van der Waals surface area contributed by atoms with Gasteiger partial charge in [-0.2, -0.15) is 5.10 Å². The van der Waals surface area contributed by atoms with Crippen molar-refractivity contribution >= 4 is 45.7 Å². The number of piperidine rings is 1. The van der Waals surface area contributed by atoms with Crippen LogP contribution < -0.4 is 10.6 Å². The SMILES string of the molecule is CC1(n2ncc(Nc3ncc4cc(Cl)c(C5CCNCC5)cc4n3)c2Cl)CC1. The van der Waals surface area contributed by atoms with E-state index in [0.29, 0.717) is 17.0 Å². The lowest BCUT2D eigenvalue weighted by Gasteiger charge is -2.24. The zero-order valence-corrected chi connectivity index (χ0v) is 17.2. The van der Waals surface area contributed by atoms with Crippen LogP contribution in [0.1, 0.15) is 44.1 Å². The summed E-state index contributed by atoms with van der Waals surface area (Å²) < 4.78 is 1.88. The number of hydrogen-bond acceptors (Lipinski definition) is 5. The Hall–Kier alpha value is -1.89. The van der Waals surface area contributed by atoms with Gasteiger partial charge in [0.05, 0.1) is 22.9 Å². The van der Waals surface area contributed by atoms with E-state index < -0.39 is 0 Å². The number of rotatable bonds is 4. The van der Waals surface area contributed by atoms with Crippen molar-refractivity contribution in [3.8, 4) is 0 Å². The molecular formula is C20H22Cl2N6. The summed E-state index contributed by atoms with van der Waals surface area (Å²) in [5, 5.41) is 13.4. The van der Waals surface area contributed by atoms with Gasteiger partial charge in [0.25, 0.3) is 0 Å². The van der Waals surface area contributed by atoms with Crippen molar-refractivity contribution in [2.24, 2.45) is 0 Å². The van der Waals surface area contributed by atoms with Crippen LogP contribution in [0.2, 0.25) is 10.2 Å². The Bertz CT molecular complexity index is 1040. The van der Waals surface area contributed by atoms with Gasteiger partial charge in [-0.15, -0.1) is 0 Å². The summed E-state index contributed by atoms with van der Waals surface area (Å²) in [5.41, 5.74) is 2.82. The van der Waals surface area contributed by atoms with E-state index in [0.717, 1.165) is 60.4 Å². The summed E-state index contributed by atoms with van der Waals surface area (Å²) in [6.07, 6.45) is 7.91. The van der Waals surface area contributed by atoms with Gasteiger partial charge < -0.3 is 10.6 Å². The van der Waals surface area contributed by atoms with Gasteiger partial charge in [-0.1, -0.05) is 23.2 Å². The first kappa shape index (κ1) is 18.2. The predicted molar refractivity (Wildman–Crippen MR) is 113 cm³/mol. The average molecular weight is 417 g/mol. The molecule has 8 heteroatoms. The molecule has 1 saturated heterocycles. The van der Waals surface area contributed by atoms with E-state index in [2.05, 4.69) is 33.7 Å². The minimum absolute atomic E-state index is 0.0434. The fourth-order valence-electron chi connectivity index (χ4n) is 3.88. The highest BCUT2D eigenvalue weighted by Gasteiger charge is 2.42. The molecule has 0 atom stereocenters. The second kappa shape index (κ2) is 6.87. The normalized spacial score (nSPS) is 19.1. The summed E-state index contributed by atoms with van der Waals surface area (Å²) in [6.45, 7) is 4.21. The maximum absolute atomic E-state index is 6.56. The van der Waals surface area contributed by atoms with Gasteiger partial charge in [-0.25, -0.2) is 14.6 Å². The van der Waals surface area contributed by atoms with Crippen LogP contribution in [0.4, 0.5) is 11.6 Å². The number of fused-ring (bicyclic) bond motifs is 1. The van der Waals surface area contributed by atoms with Crippen molar-refractivity contribution in [1.29, 1.82) is 0 Å². The van der Waals surface area contributed by atoms with Crippen LogP contribution in [0.3, 0.4) is 0 Å². The van der Waals surface area contributed by atoms with Crippen LogP contribution in [0.15, 0.2) is 24.5 Å². The minimum atomic E-state index is 0.0434. The highest BCUT2D eigenvalue weighted by Crippen LogP contribution is 2.45. The first-order valence-electron chi connectivity index (χ1n) is 9.71. The van der Waals surface area contributed by atoms with Crippen molar-refractivity contribution in [2.75, 3.05) is 18.4 Å². The molecule has 0 spiro atoms. The first-order chi connectivity index (χ1) is 13.5. The van der Waals surface area contributed by atoms with E-state index in [4.69, 9.17) is 28.2 Å². The van der Waals surface area contributed by atoms with Crippen molar-refractivity contribution in [2.45, 2.75) is 44.1 Å². The quantitative estimate of drug-likeness (QED) is 0.635. The summed E-state index contributed by atoms with van der Waals surface area (Å²) in [6, 6.07) is 4.08. The van der Waals surface area contributed by atoms with Crippen molar-refractivity contribution in [3.05, 3.63) is 40.3 Å². The molecule has 6 nitrogen and oxygen atoms in total. The number of nitrogens with one attached hydrogen (secondary N) is 2. The Morgan fingerprint density at radius 1 is 1.18 bits per heavy atom. The minimum Gasteiger partial charge on any atom is -0.320 e. The summed E-state index contributed by atoms with van der Waals surface area (Å²) >= 11 is 13.1. The Kier molecular flexibility index (Phi) is 4.45. The summed E-state index contributed by atoms with van der Waals surface area (Å²) in [4.78, 5) is 9.13. The Labute approximate surface area is 173 Å². The van der Waals surface area contributed by atoms with Crippen molar-refractivity contribution < 1.29 is 0 Å². The van der Waals surface area contributed by atoms with Crippen LogP contribution in [0, 0.1) is 0 Å². The molecule has 1 aromatic carbocycles. The van der Waals surface area contributed by atoms with E-state index in [9.17, 15) is 0 Å². The third kappa shape index (κ3) is 3.23. The average Bonchev–Trinajstić information content (AvgIpc) is 3.34. The molecule has 2 N–H and O–H groups in total. The molecule has 1 aliphatic carbocycles. The third-order valence-corrected chi connectivity index (χ3v) is 6.61. The fourth-order valence-corrected chi connectivity index (χ4v) is 4.55. The molecule has 5 rings (SSSR count). The van der Waals surface area contributed by atoms with Crippen LogP contribution in [-0.2, 0) is 5.54 Å². The van der Waals surface area contributed by atoms with Gasteiger partial charge in [0.2, 0.25) is 5.95 Å². The molecule has 3 heterocycles. The Morgan fingerprint density at radius 3 is 2.71 bits per heavy atom. The molecule has 28 heavy (non-hydrogen) atoms. The molecule has 146 valence electrons. The van der Waals surface area contributed by atoms with E-state index >= 15 is 0 Å². The Morgan fingerprint density at radius 2 is 1.96 bits per heavy atom. The number of halogens is 2. The van der Waals surface area contributed by atoms with Crippen LogP contribution in [-0.4, -0.2) is 32.8 Å². The second-order valence-electron chi connectivity index (χ2n) is 8.03. The number of nitrogens with zero attached hydrogens (tertiary/aromatic N) is 4. The highest BCUT2D eigenvalue weighted by molar-refractivity contribution is 6.32. The van der Waals surface area contributed by atoms with E-state index in [1.807, 2.05) is 10.7 Å². The van der Waals surface area contributed by atoms with Crippen LogP contribution >= 0.6 is 23.2 Å². The Balaban J connectivity index is 1.46. The standard InChI is InChI=1S/C20H22Cl2N6/c1-20(4-5-20)28-18(22)17(11-25-28)27-19-24-10-13-8-15(21)14(9-16(13)26-19)12-2-6-23-7-3-12/h8-12,23H,2-7H2,1H3,(H,24,26,27). The van der Waals surface area contributed by atoms with E-state index in [1.165, 1.54) is 5.56 Å². The maximum atomic E-state index is 6.56. The van der Waals surface area contributed by atoms with E-state index in [1.54, 1.807) is 12.4 Å². The smallest absolute Gasteiger partial charge is 0.227 e. The topological polar surface area (TPSA) is 67.7 Å².